The fraction of sp³-hybridized carbons (Fsp3) is 0.350. The van der Waals surface area contributed by atoms with Crippen LogP contribution in [0.15, 0.2) is 18.2 Å². The second kappa shape index (κ2) is 7.87. The topological polar surface area (TPSA) is 65.5 Å². The standard InChI is InChI=1S/C20H19Cl2NO4/c1-10(2)26-20(25)27-19-11(3)23-15-5-4-6-16(24)18(15)17(19)12-7-8-13(21)14(22)9-12/h7-10H,4-6H2,1-3H3. The average molecular weight is 408 g/mol. The maximum atomic E-state index is 12.7. The third-order valence-corrected chi connectivity index (χ3v) is 4.96. The van der Waals surface area contributed by atoms with E-state index in [-0.39, 0.29) is 17.6 Å². The number of Topliss-reactive ketones (excluding diaryl/α,β-unsaturated/α-hetero) is 1. The van der Waals surface area contributed by atoms with Crippen molar-refractivity contribution in [1.82, 2.24) is 4.98 Å². The summed E-state index contributed by atoms with van der Waals surface area (Å²) in [4.78, 5) is 29.3. The predicted molar refractivity (Wildman–Crippen MR) is 104 cm³/mol. The second-order valence-electron chi connectivity index (χ2n) is 6.65. The Kier molecular flexibility index (Phi) is 5.72. The Morgan fingerprint density at radius 1 is 1.15 bits per heavy atom. The molecule has 27 heavy (non-hydrogen) atoms. The minimum absolute atomic E-state index is 0.0353. The van der Waals surface area contributed by atoms with E-state index < -0.39 is 6.16 Å². The summed E-state index contributed by atoms with van der Waals surface area (Å²) in [6, 6.07) is 5.04. The Labute approximate surface area is 167 Å². The van der Waals surface area contributed by atoms with Crippen LogP contribution in [0.5, 0.6) is 5.75 Å². The van der Waals surface area contributed by atoms with Gasteiger partial charge in [-0.3, -0.25) is 9.78 Å². The predicted octanol–water partition coefficient (Wildman–Crippen LogP) is 5.81. The molecular formula is C20H19Cl2NO4. The van der Waals surface area contributed by atoms with Gasteiger partial charge in [0.15, 0.2) is 11.5 Å². The highest BCUT2D eigenvalue weighted by Crippen LogP contribution is 2.41. The SMILES string of the molecule is Cc1nc2c(c(-c3ccc(Cl)c(Cl)c3)c1OC(=O)OC(C)C)C(=O)CCC2. The minimum Gasteiger partial charge on any atom is -0.431 e. The van der Waals surface area contributed by atoms with Gasteiger partial charge in [-0.15, -0.1) is 0 Å². The number of carbonyl (C=O) groups excluding carboxylic acids is 2. The van der Waals surface area contributed by atoms with Crippen LogP contribution in [-0.4, -0.2) is 23.0 Å². The summed E-state index contributed by atoms with van der Waals surface area (Å²) in [5.41, 5.74) is 2.81. The van der Waals surface area contributed by atoms with Gasteiger partial charge in [-0.25, -0.2) is 4.79 Å². The molecule has 5 nitrogen and oxygen atoms in total. The first kappa shape index (κ1) is 19.6. The number of fused-ring (bicyclic) bond motifs is 1. The van der Waals surface area contributed by atoms with Gasteiger partial charge >= 0.3 is 6.16 Å². The summed E-state index contributed by atoms with van der Waals surface area (Å²) in [5, 5.41) is 0.740. The lowest BCUT2D eigenvalue weighted by Crippen LogP contribution is -2.20. The molecule has 0 N–H and O–H groups in total. The molecular weight excluding hydrogens is 389 g/mol. The van der Waals surface area contributed by atoms with Crippen LogP contribution >= 0.6 is 23.2 Å². The van der Waals surface area contributed by atoms with E-state index in [1.807, 2.05) is 0 Å². The number of aromatic nitrogens is 1. The lowest BCUT2D eigenvalue weighted by atomic mass is 9.87. The van der Waals surface area contributed by atoms with Gasteiger partial charge in [-0.2, -0.15) is 0 Å². The van der Waals surface area contributed by atoms with Crippen molar-refractivity contribution >= 4 is 35.1 Å². The first-order valence-electron chi connectivity index (χ1n) is 8.68. The van der Waals surface area contributed by atoms with Crippen LogP contribution in [0.1, 0.15) is 48.4 Å². The highest BCUT2D eigenvalue weighted by atomic mass is 35.5. The van der Waals surface area contributed by atoms with Crippen LogP contribution in [-0.2, 0) is 11.2 Å². The van der Waals surface area contributed by atoms with Gasteiger partial charge in [-0.1, -0.05) is 29.3 Å². The van der Waals surface area contributed by atoms with Crippen molar-refractivity contribution in [2.75, 3.05) is 0 Å². The van der Waals surface area contributed by atoms with E-state index in [4.69, 9.17) is 32.7 Å². The van der Waals surface area contributed by atoms with E-state index in [1.54, 1.807) is 39.0 Å². The summed E-state index contributed by atoms with van der Waals surface area (Å²) in [5.74, 6) is 0.167. The molecule has 0 saturated heterocycles. The quantitative estimate of drug-likeness (QED) is 0.600. The van der Waals surface area contributed by atoms with E-state index in [1.165, 1.54) is 0 Å². The second-order valence-corrected chi connectivity index (χ2v) is 7.46. The summed E-state index contributed by atoms with van der Waals surface area (Å²) >= 11 is 12.2. The third-order valence-electron chi connectivity index (χ3n) is 4.22. The Morgan fingerprint density at radius 3 is 2.56 bits per heavy atom. The van der Waals surface area contributed by atoms with Gasteiger partial charge < -0.3 is 9.47 Å². The zero-order valence-corrected chi connectivity index (χ0v) is 16.8. The smallest absolute Gasteiger partial charge is 0.431 e. The summed E-state index contributed by atoms with van der Waals surface area (Å²) in [6.07, 6.45) is 0.668. The van der Waals surface area contributed by atoms with Crippen LogP contribution in [0.3, 0.4) is 0 Å². The molecule has 0 aliphatic heterocycles. The number of carbonyl (C=O) groups is 2. The lowest BCUT2D eigenvalue weighted by Gasteiger charge is -2.22. The van der Waals surface area contributed by atoms with Crippen molar-refractivity contribution in [3.05, 3.63) is 45.2 Å². The highest BCUT2D eigenvalue weighted by Gasteiger charge is 2.29. The Bertz CT molecular complexity index is 925. The molecule has 0 amide bonds. The summed E-state index contributed by atoms with van der Waals surface area (Å²) in [7, 11) is 0. The largest absolute Gasteiger partial charge is 0.514 e. The molecule has 142 valence electrons. The molecule has 0 spiro atoms. The number of rotatable bonds is 3. The van der Waals surface area contributed by atoms with Gasteiger partial charge in [0, 0.05) is 12.0 Å². The Balaban J connectivity index is 2.22. The van der Waals surface area contributed by atoms with Crippen molar-refractivity contribution in [3.63, 3.8) is 0 Å². The zero-order chi connectivity index (χ0) is 19.7. The summed E-state index contributed by atoms with van der Waals surface area (Å²) < 4.78 is 10.6. The van der Waals surface area contributed by atoms with Crippen LogP contribution in [0.25, 0.3) is 11.1 Å². The van der Waals surface area contributed by atoms with E-state index in [0.717, 1.165) is 6.42 Å². The fourth-order valence-electron chi connectivity index (χ4n) is 3.12. The number of benzene rings is 1. The van der Waals surface area contributed by atoms with Crippen molar-refractivity contribution in [1.29, 1.82) is 0 Å². The molecule has 1 heterocycles. The molecule has 1 aliphatic rings. The van der Waals surface area contributed by atoms with Crippen molar-refractivity contribution in [2.45, 2.75) is 46.1 Å². The normalized spacial score (nSPS) is 13.5. The van der Waals surface area contributed by atoms with E-state index in [2.05, 4.69) is 4.98 Å². The molecule has 0 fully saturated rings. The van der Waals surface area contributed by atoms with Crippen molar-refractivity contribution in [3.8, 4) is 16.9 Å². The molecule has 0 radical (unpaired) electrons. The number of nitrogens with zero attached hydrogens (tertiary/aromatic N) is 1. The number of hydrogen-bond acceptors (Lipinski definition) is 5. The Morgan fingerprint density at radius 2 is 1.89 bits per heavy atom. The molecule has 0 saturated carbocycles. The highest BCUT2D eigenvalue weighted by molar-refractivity contribution is 6.42. The monoisotopic (exact) mass is 407 g/mol. The molecule has 1 aromatic carbocycles. The number of ether oxygens (including phenoxy) is 2. The first-order chi connectivity index (χ1) is 12.8. The molecule has 0 unspecified atom stereocenters. The molecule has 1 aliphatic carbocycles. The number of aryl methyl sites for hydroxylation is 2. The number of ketones is 1. The van der Waals surface area contributed by atoms with Gasteiger partial charge in [0.2, 0.25) is 0 Å². The molecule has 7 heteroatoms. The number of hydrogen-bond donors (Lipinski definition) is 0. The Hall–Kier alpha value is -2.11. The van der Waals surface area contributed by atoms with E-state index in [0.29, 0.717) is 51.0 Å². The van der Waals surface area contributed by atoms with Crippen LogP contribution < -0.4 is 4.74 Å². The fourth-order valence-corrected chi connectivity index (χ4v) is 3.42. The molecule has 0 atom stereocenters. The van der Waals surface area contributed by atoms with E-state index in [9.17, 15) is 9.59 Å². The maximum absolute atomic E-state index is 12.7. The molecule has 1 aromatic heterocycles. The summed E-state index contributed by atoms with van der Waals surface area (Å²) in [6.45, 7) is 5.18. The van der Waals surface area contributed by atoms with Gasteiger partial charge in [0.05, 0.1) is 33.1 Å². The van der Waals surface area contributed by atoms with Gasteiger partial charge in [0.25, 0.3) is 0 Å². The first-order valence-corrected chi connectivity index (χ1v) is 9.44. The molecule has 2 aromatic rings. The van der Waals surface area contributed by atoms with Crippen LogP contribution in [0.2, 0.25) is 10.0 Å². The van der Waals surface area contributed by atoms with Gasteiger partial charge in [0.1, 0.15) is 0 Å². The van der Waals surface area contributed by atoms with Gasteiger partial charge in [-0.05, 0) is 51.3 Å². The maximum Gasteiger partial charge on any atom is 0.514 e. The number of halogens is 2. The molecule has 0 bridgehead atoms. The van der Waals surface area contributed by atoms with E-state index >= 15 is 0 Å². The van der Waals surface area contributed by atoms with Crippen LogP contribution in [0.4, 0.5) is 4.79 Å². The van der Waals surface area contributed by atoms with Crippen LogP contribution in [0, 0.1) is 6.92 Å². The minimum atomic E-state index is -0.848. The van der Waals surface area contributed by atoms with Crippen molar-refractivity contribution < 1.29 is 19.1 Å². The van der Waals surface area contributed by atoms with Crippen molar-refractivity contribution in [2.24, 2.45) is 0 Å². The average Bonchev–Trinajstić information content (AvgIpc) is 2.58. The zero-order valence-electron chi connectivity index (χ0n) is 15.3. The molecule has 3 rings (SSSR count). The third kappa shape index (κ3) is 4.09. The lowest BCUT2D eigenvalue weighted by molar-refractivity contribution is 0.0725. The number of pyridine rings is 1.